The highest BCUT2D eigenvalue weighted by Gasteiger charge is 2.00. The van der Waals surface area contributed by atoms with Crippen LogP contribution in [0.4, 0.5) is 0 Å². The van der Waals surface area contributed by atoms with Gasteiger partial charge in [-0.25, -0.2) is 0 Å². The highest BCUT2D eigenvalue weighted by atomic mass is 16.5. The first-order chi connectivity index (χ1) is 6.35. The van der Waals surface area contributed by atoms with Crippen LogP contribution in [0.15, 0.2) is 12.7 Å². The van der Waals surface area contributed by atoms with Crippen LogP contribution in [-0.2, 0) is 9.47 Å². The highest BCUT2D eigenvalue weighted by molar-refractivity contribution is 4.84. The zero-order valence-corrected chi connectivity index (χ0v) is 8.71. The Morgan fingerprint density at radius 3 is 2.69 bits per heavy atom. The van der Waals surface area contributed by atoms with Gasteiger partial charge < -0.3 is 14.8 Å². The van der Waals surface area contributed by atoms with Crippen LogP contribution in [-0.4, -0.2) is 39.5 Å². The topological polar surface area (TPSA) is 30.5 Å². The molecule has 0 spiro atoms. The summed E-state index contributed by atoms with van der Waals surface area (Å²) in [6.07, 6.45) is 2.89. The third-order valence-electron chi connectivity index (χ3n) is 1.76. The molecule has 3 heteroatoms. The Morgan fingerprint density at radius 1 is 1.38 bits per heavy atom. The van der Waals surface area contributed by atoms with E-state index < -0.39 is 0 Å². The van der Waals surface area contributed by atoms with E-state index in [1.807, 2.05) is 6.08 Å². The van der Waals surface area contributed by atoms with Gasteiger partial charge in [-0.05, 0) is 13.0 Å². The fourth-order valence-corrected chi connectivity index (χ4v) is 1.02. The van der Waals surface area contributed by atoms with Crippen molar-refractivity contribution in [1.82, 2.24) is 5.32 Å². The molecule has 3 nitrogen and oxygen atoms in total. The average molecular weight is 187 g/mol. The summed E-state index contributed by atoms with van der Waals surface area (Å²) in [4.78, 5) is 0. The van der Waals surface area contributed by atoms with Gasteiger partial charge in [-0.15, -0.1) is 6.58 Å². The Morgan fingerprint density at radius 2 is 2.15 bits per heavy atom. The second kappa shape index (κ2) is 9.71. The maximum Gasteiger partial charge on any atom is 0.0700 e. The van der Waals surface area contributed by atoms with Gasteiger partial charge in [-0.3, -0.25) is 0 Å². The third-order valence-corrected chi connectivity index (χ3v) is 1.76. The van der Waals surface area contributed by atoms with Gasteiger partial charge in [-0.2, -0.15) is 0 Å². The molecule has 0 saturated carbocycles. The van der Waals surface area contributed by atoms with Crippen molar-refractivity contribution in [1.29, 1.82) is 0 Å². The second-order valence-electron chi connectivity index (χ2n) is 2.79. The summed E-state index contributed by atoms with van der Waals surface area (Å²) in [5.41, 5.74) is 0. The molecule has 78 valence electrons. The summed E-state index contributed by atoms with van der Waals surface area (Å²) in [6.45, 7) is 8.90. The van der Waals surface area contributed by atoms with Crippen molar-refractivity contribution in [2.24, 2.45) is 0 Å². The van der Waals surface area contributed by atoms with Gasteiger partial charge >= 0.3 is 0 Å². The van der Waals surface area contributed by atoms with E-state index in [1.165, 1.54) is 0 Å². The molecule has 0 radical (unpaired) electrons. The first-order valence-corrected chi connectivity index (χ1v) is 4.77. The standard InChI is InChI=1S/C10H21NO2/c1-4-10(11-5-2)6-7-13-9-8-12-3/h4,10-11H,1,5-9H2,2-3H3. The largest absolute Gasteiger partial charge is 0.382 e. The minimum atomic E-state index is 0.368. The van der Waals surface area contributed by atoms with Crippen molar-refractivity contribution < 1.29 is 9.47 Å². The summed E-state index contributed by atoms with van der Waals surface area (Å²) >= 11 is 0. The summed E-state index contributed by atoms with van der Waals surface area (Å²) in [5.74, 6) is 0. The number of hydrogen-bond donors (Lipinski definition) is 1. The van der Waals surface area contributed by atoms with E-state index in [2.05, 4.69) is 18.8 Å². The lowest BCUT2D eigenvalue weighted by Crippen LogP contribution is -2.28. The lowest BCUT2D eigenvalue weighted by Gasteiger charge is -2.12. The maximum atomic E-state index is 5.34. The van der Waals surface area contributed by atoms with Crippen molar-refractivity contribution in [2.45, 2.75) is 19.4 Å². The molecule has 0 aromatic rings. The number of nitrogens with one attached hydrogen (secondary N) is 1. The van der Waals surface area contributed by atoms with Crippen LogP contribution >= 0.6 is 0 Å². The van der Waals surface area contributed by atoms with Crippen molar-refractivity contribution in [3.05, 3.63) is 12.7 Å². The van der Waals surface area contributed by atoms with E-state index >= 15 is 0 Å². The Hall–Kier alpha value is -0.380. The summed E-state index contributed by atoms with van der Waals surface area (Å²) in [6, 6.07) is 0.368. The molecule has 1 N–H and O–H groups in total. The zero-order valence-electron chi connectivity index (χ0n) is 8.71. The van der Waals surface area contributed by atoms with E-state index in [0.717, 1.165) is 19.6 Å². The second-order valence-corrected chi connectivity index (χ2v) is 2.79. The van der Waals surface area contributed by atoms with Gasteiger partial charge in [-0.1, -0.05) is 13.0 Å². The number of methoxy groups -OCH3 is 1. The fourth-order valence-electron chi connectivity index (χ4n) is 1.02. The summed E-state index contributed by atoms with van der Waals surface area (Å²) in [5, 5.41) is 3.29. The van der Waals surface area contributed by atoms with Crippen molar-refractivity contribution in [3.63, 3.8) is 0 Å². The van der Waals surface area contributed by atoms with Gasteiger partial charge in [0, 0.05) is 19.8 Å². The molecule has 0 saturated heterocycles. The number of hydrogen-bond acceptors (Lipinski definition) is 3. The lowest BCUT2D eigenvalue weighted by atomic mass is 10.2. The molecule has 0 amide bonds. The SMILES string of the molecule is C=CC(CCOCCOC)NCC. The molecule has 1 atom stereocenters. The van der Waals surface area contributed by atoms with Gasteiger partial charge in [0.15, 0.2) is 0 Å². The van der Waals surface area contributed by atoms with E-state index in [4.69, 9.17) is 9.47 Å². The molecule has 0 aromatic heterocycles. The lowest BCUT2D eigenvalue weighted by molar-refractivity contribution is 0.0675. The Kier molecular flexibility index (Phi) is 9.42. The molecule has 0 aliphatic heterocycles. The molecule has 1 unspecified atom stereocenters. The van der Waals surface area contributed by atoms with E-state index in [0.29, 0.717) is 19.3 Å². The van der Waals surface area contributed by atoms with E-state index in [-0.39, 0.29) is 0 Å². The minimum Gasteiger partial charge on any atom is -0.382 e. The van der Waals surface area contributed by atoms with E-state index in [1.54, 1.807) is 7.11 Å². The quantitative estimate of drug-likeness (QED) is 0.434. The molecule has 0 bridgehead atoms. The van der Waals surface area contributed by atoms with Crippen LogP contribution in [0.2, 0.25) is 0 Å². The van der Waals surface area contributed by atoms with E-state index in [9.17, 15) is 0 Å². The highest BCUT2D eigenvalue weighted by Crippen LogP contribution is 1.93. The van der Waals surface area contributed by atoms with Crippen LogP contribution < -0.4 is 5.32 Å². The number of likely N-dealkylation sites (N-methyl/N-ethyl adjacent to an activating group) is 1. The van der Waals surface area contributed by atoms with Crippen molar-refractivity contribution >= 4 is 0 Å². The van der Waals surface area contributed by atoms with Crippen LogP contribution in [0.3, 0.4) is 0 Å². The predicted octanol–water partition coefficient (Wildman–Crippen LogP) is 1.20. The average Bonchev–Trinajstić information content (AvgIpc) is 2.16. The zero-order chi connectivity index (χ0) is 9.94. The monoisotopic (exact) mass is 187 g/mol. The van der Waals surface area contributed by atoms with Crippen LogP contribution in [0.5, 0.6) is 0 Å². The van der Waals surface area contributed by atoms with Gasteiger partial charge in [0.25, 0.3) is 0 Å². The Balaban J connectivity index is 3.22. The summed E-state index contributed by atoms with van der Waals surface area (Å²) in [7, 11) is 1.68. The smallest absolute Gasteiger partial charge is 0.0700 e. The Labute approximate surface area is 81.1 Å². The molecular weight excluding hydrogens is 166 g/mol. The molecular formula is C10H21NO2. The van der Waals surface area contributed by atoms with Crippen LogP contribution in [0.1, 0.15) is 13.3 Å². The van der Waals surface area contributed by atoms with Gasteiger partial charge in [0.2, 0.25) is 0 Å². The fraction of sp³-hybridized carbons (Fsp3) is 0.800. The maximum absolute atomic E-state index is 5.34. The predicted molar refractivity (Wildman–Crippen MR) is 55.0 cm³/mol. The molecule has 0 aromatic carbocycles. The summed E-state index contributed by atoms with van der Waals surface area (Å²) < 4.78 is 10.2. The van der Waals surface area contributed by atoms with Gasteiger partial charge in [0.1, 0.15) is 0 Å². The molecule has 13 heavy (non-hydrogen) atoms. The first kappa shape index (κ1) is 12.6. The third kappa shape index (κ3) is 7.96. The first-order valence-electron chi connectivity index (χ1n) is 4.77. The van der Waals surface area contributed by atoms with Crippen LogP contribution in [0, 0.1) is 0 Å². The Bertz CT molecular complexity index is 117. The van der Waals surface area contributed by atoms with Crippen LogP contribution in [0.25, 0.3) is 0 Å². The molecule has 0 aliphatic rings. The molecule has 0 heterocycles. The molecule has 0 fully saturated rings. The number of ether oxygens (including phenoxy) is 2. The normalized spacial score (nSPS) is 12.8. The molecule has 0 aliphatic carbocycles. The molecule has 0 rings (SSSR count). The van der Waals surface area contributed by atoms with Crippen molar-refractivity contribution in [2.75, 3.05) is 33.5 Å². The number of rotatable bonds is 9. The minimum absolute atomic E-state index is 0.368. The van der Waals surface area contributed by atoms with Crippen molar-refractivity contribution in [3.8, 4) is 0 Å². The van der Waals surface area contributed by atoms with Gasteiger partial charge in [0.05, 0.1) is 13.2 Å².